The number of amides is 1. The van der Waals surface area contributed by atoms with Crippen LogP contribution in [-0.2, 0) is 4.74 Å². The molecule has 0 aromatic carbocycles. The van der Waals surface area contributed by atoms with Gasteiger partial charge in [0.2, 0.25) is 0 Å². The van der Waals surface area contributed by atoms with E-state index >= 15 is 0 Å². The molecule has 8 heteroatoms. The fourth-order valence-corrected chi connectivity index (χ4v) is 2.75. The summed E-state index contributed by atoms with van der Waals surface area (Å²) >= 11 is 0. The Bertz CT molecular complexity index is 570. The van der Waals surface area contributed by atoms with Crippen molar-refractivity contribution in [1.82, 2.24) is 14.7 Å². The average molecular weight is 324 g/mol. The smallest absolute Gasteiger partial charge is 0.410 e. The monoisotopic (exact) mass is 324 g/mol. The van der Waals surface area contributed by atoms with E-state index in [4.69, 9.17) is 4.74 Å². The summed E-state index contributed by atoms with van der Waals surface area (Å²) in [5, 5.41) is 14.8. The molecule has 1 amide bonds. The highest BCUT2D eigenvalue weighted by Crippen LogP contribution is 2.29. The van der Waals surface area contributed by atoms with Crippen molar-refractivity contribution in [1.29, 1.82) is 0 Å². The van der Waals surface area contributed by atoms with Gasteiger partial charge in [-0.2, -0.15) is 5.10 Å². The van der Waals surface area contributed by atoms with Crippen LogP contribution in [0.25, 0.3) is 0 Å². The van der Waals surface area contributed by atoms with E-state index in [-0.39, 0.29) is 17.8 Å². The molecule has 1 aromatic heterocycles. The van der Waals surface area contributed by atoms with Crippen LogP contribution in [0.2, 0.25) is 0 Å². The molecule has 1 aliphatic heterocycles. The molecule has 0 aliphatic carbocycles. The summed E-state index contributed by atoms with van der Waals surface area (Å²) < 4.78 is 7.03. The third-order valence-electron chi connectivity index (χ3n) is 4.09. The fraction of sp³-hybridized carbons (Fsp3) is 0.733. The van der Waals surface area contributed by atoms with E-state index in [2.05, 4.69) is 5.10 Å². The second-order valence-electron chi connectivity index (χ2n) is 6.98. The molecule has 1 aromatic rings. The van der Waals surface area contributed by atoms with Gasteiger partial charge in [0.15, 0.2) is 0 Å². The van der Waals surface area contributed by atoms with Crippen molar-refractivity contribution in [3.63, 3.8) is 0 Å². The van der Waals surface area contributed by atoms with Gasteiger partial charge >= 0.3 is 11.8 Å². The summed E-state index contributed by atoms with van der Waals surface area (Å²) in [5.41, 5.74) is -0.488. The molecule has 1 atom stereocenters. The van der Waals surface area contributed by atoms with Crippen LogP contribution in [0.3, 0.4) is 0 Å². The number of hydrogen-bond donors (Lipinski definition) is 0. The molecule has 2 heterocycles. The number of carbonyl (C=O) groups is 1. The summed E-state index contributed by atoms with van der Waals surface area (Å²) in [4.78, 5) is 24.1. The molecule has 1 aliphatic rings. The van der Waals surface area contributed by atoms with E-state index in [1.165, 1.54) is 12.4 Å². The lowest BCUT2D eigenvalue weighted by Crippen LogP contribution is -2.42. The fourth-order valence-electron chi connectivity index (χ4n) is 2.75. The zero-order chi connectivity index (χ0) is 17.2. The molecule has 1 saturated heterocycles. The Balaban J connectivity index is 1.90. The maximum atomic E-state index is 12.0. The third kappa shape index (κ3) is 4.43. The van der Waals surface area contributed by atoms with Gasteiger partial charge in [-0.1, -0.05) is 0 Å². The molecule has 1 fully saturated rings. The minimum Gasteiger partial charge on any atom is -0.444 e. The summed E-state index contributed by atoms with van der Waals surface area (Å²) in [7, 11) is 0. The van der Waals surface area contributed by atoms with Crippen molar-refractivity contribution >= 4 is 11.8 Å². The first-order chi connectivity index (χ1) is 10.7. The number of carbonyl (C=O) groups excluding carboxylic acids is 1. The van der Waals surface area contributed by atoms with Gasteiger partial charge in [0.1, 0.15) is 18.0 Å². The van der Waals surface area contributed by atoms with E-state index < -0.39 is 10.5 Å². The predicted octanol–water partition coefficient (Wildman–Crippen LogP) is 3.00. The first-order valence-electron chi connectivity index (χ1n) is 7.84. The highest BCUT2D eigenvalue weighted by molar-refractivity contribution is 5.68. The lowest BCUT2D eigenvalue weighted by Gasteiger charge is -2.35. The van der Waals surface area contributed by atoms with Gasteiger partial charge in [0, 0.05) is 13.1 Å². The van der Waals surface area contributed by atoms with E-state index in [0.29, 0.717) is 19.0 Å². The number of nitrogens with zero attached hydrogens (tertiary/aromatic N) is 4. The molecule has 0 bridgehead atoms. The van der Waals surface area contributed by atoms with Crippen LogP contribution in [0.5, 0.6) is 0 Å². The average Bonchev–Trinajstić information content (AvgIpc) is 2.95. The van der Waals surface area contributed by atoms with Crippen LogP contribution in [0.15, 0.2) is 12.4 Å². The van der Waals surface area contributed by atoms with Crippen molar-refractivity contribution in [2.24, 2.45) is 5.92 Å². The Morgan fingerprint density at radius 3 is 2.52 bits per heavy atom. The van der Waals surface area contributed by atoms with Crippen LogP contribution in [0.1, 0.15) is 46.6 Å². The molecule has 1 unspecified atom stereocenters. The highest BCUT2D eigenvalue weighted by atomic mass is 16.6. The number of aromatic nitrogens is 2. The molecule has 0 radical (unpaired) electrons. The summed E-state index contributed by atoms with van der Waals surface area (Å²) in [6, 6.07) is 0.0597. The molecule has 2 rings (SSSR count). The maximum absolute atomic E-state index is 12.0. The van der Waals surface area contributed by atoms with Crippen LogP contribution in [-0.4, -0.2) is 44.4 Å². The first kappa shape index (κ1) is 17.2. The Hall–Kier alpha value is -2.12. The van der Waals surface area contributed by atoms with Crippen molar-refractivity contribution in [3.8, 4) is 0 Å². The number of ether oxygens (including phenoxy) is 1. The summed E-state index contributed by atoms with van der Waals surface area (Å²) in [6.45, 7) is 8.82. The Kier molecular flexibility index (Phi) is 4.91. The number of piperidine rings is 1. The van der Waals surface area contributed by atoms with Gasteiger partial charge in [0.05, 0.1) is 11.0 Å². The summed E-state index contributed by atoms with van der Waals surface area (Å²) in [5.74, 6) is 0.327. The minimum absolute atomic E-state index is 0.00282. The predicted molar refractivity (Wildman–Crippen MR) is 84.1 cm³/mol. The van der Waals surface area contributed by atoms with Crippen molar-refractivity contribution in [3.05, 3.63) is 22.5 Å². The SMILES string of the molecule is CC(C1CCN(C(=O)OC(C)(C)C)CC1)n1cc([N+](=O)[O-])cn1. The zero-order valence-electron chi connectivity index (χ0n) is 14.1. The molecule has 23 heavy (non-hydrogen) atoms. The Morgan fingerprint density at radius 2 is 2.04 bits per heavy atom. The lowest BCUT2D eigenvalue weighted by molar-refractivity contribution is -0.385. The molecule has 0 spiro atoms. The van der Waals surface area contributed by atoms with Gasteiger partial charge in [-0.25, -0.2) is 4.79 Å². The number of rotatable bonds is 3. The number of hydrogen-bond acceptors (Lipinski definition) is 5. The second kappa shape index (κ2) is 6.55. The summed E-state index contributed by atoms with van der Waals surface area (Å²) in [6.07, 6.45) is 4.11. The number of nitro groups is 1. The van der Waals surface area contributed by atoms with E-state index in [9.17, 15) is 14.9 Å². The topological polar surface area (TPSA) is 90.5 Å². The quantitative estimate of drug-likeness (QED) is 0.629. The normalized spacial score (nSPS) is 17.8. The van der Waals surface area contributed by atoms with Crippen molar-refractivity contribution in [2.45, 2.75) is 52.2 Å². The maximum Gasteiger partial charge on any atom is 0.410 e. The molecule has 0 N–H and O–H groups in total. The van der Waals surface area contributed by atoms with Gasteiger partial charge in [-0.15, -0.1) is 0 Å². The molecule has 128 valence electrons. The van der Waals surface area contributed by atoms with Gasteiger partial charge < -0.3 is 9.64 Å². The molecular weight excluding hydrogens is 300 g/mol. The van der Waals surface area contributed by atoms with E-state index in [0.717, 1.165) is 12.8 Å². The second-order valence-corrected chi connectivity index (χ2v) is 6.98. The van der Waals surface area contributed by atoms with Crippen LogP contribution >= 0.6 is 0 Å². The Labute approximate surface area is 135 Å². The van der Waals surface area contributed by atoms with Gasteiger partial charge in [0.25, 0.3) is 0 Å². The standard InChI is InChI=1S/C15H24N4O4/c1-11(18-10-13(9-16-18)19(21)22)12-5-7-17(8-6-12)14(20)23-15(2,3)4/h9-12H,5-8H2,1-4H3. The largest absolute Gasteiger partial charge is 0.444 e. The molecular formula is C15H24N4O4. The van der Waals surface area contributed by atoms with Gasteiger partial charge in [-0.05, 0) is 46.5 Å². The minimum atomic E-state index is -0.491. The van der Waals surface area contributed by atoms with Crippen LogP contribution in [0, 0.1) is 16.0 Å². The Morgan fingerprint density at radius 1 is 1.43 bits per heavy atom. The van der Waals surface area contributed by atoms with Crippen LogP contribution in [0.4, 0.5) is 10.5 Å². The highest BCUT2D eigenvalue weighted by Gasteiger charge is 2.30. The molecule has 8 nitrogen and oxygen atoms in total. The number of likely N-dealkylation sites (tertiary alicyclic amines) is 1. The van der Waals surface area contributed by atoms with Crippen molar-refractivity contribution < 1.29 is 14.5 Å². The molecule has 0 saturated carbocycles. The van der Waals surface area contributed by atoms with E-state index in [1.54, 1.807) is 9.58 Å². The zero-order valence-corrected chi connectivity index (χ0v) is 14.1. The van der Waals surface area contributed by atoms with Crippen molar-refractivity contribution in [2.75, 3.05) is 13.1 Å². The van der Waals surface area contributed by atoms with E-state index in [1.807, 2.05) is 27.7 Å². The third-order valence-corrected chi connectivity index (χ3v) is 4.09. The first-order valence-corrected chi connectivity index (χ1v) is 7.84. The van der Waals surface area contributed by atoms with Crippen LogP contribution < -0.4 is 0 Å². The van der Waals surface area contributed by atoms with Gasteiger partial charge in [-0.3, -0.25) is 14.8 Å². The lowest BCUT2D eigenvalue weighted by atomic mass is 9.90.